The first-order chi connectivity index (χ1) is 20.9. The van der Waals surface area contributed by atoms with E-state index in [4.69, 9.17) is 15.9 Å². The van der Waals surface area contributed by atoms with Crippen LogP contribution in [0.15, 0.2) is 24.3 Å². The van der Waals surface area contributed by atoms with Gasteiger partial charge in [0, 0.05) is 20.0 Å². The largest absolute Gasteiger partial charge is 0.444 e. The molecule has 0 bridgehead atoms. The van der Waals surface area contributed by atoms with Gasteiger partial charge in [-0.05, 0) is 70.4 Å². The lowest BCUT2D eigenvalue weighted by Crippen LogP contribution is -2.59. The molecule has 10 nitrogen and oxygen atoms in total. The van der Waals surface area contributed by atoms with E-state index in [1.165, 1.54) is 11.9 Å². The van der Waals surface area contributed by atoms with Gasteiger partial charge in [0.05, 0.1) is 12.1 Å². The normalized spacial score (nSPS) is 23.2. The van der Waals surface area contributed by atoms with Crippen molar-refractivity contribution in [3.05, 3.63) is 35.4 Å². The lowest BCUT2D eigenvalue weighted by atomic mass is 9.83. The van der Waals surface area contributed by atoms with Crippen molar-refractivity contribution in [1.82, 2.24) is 20.4 Å². The van der Waals surface area contributed by atoms with Gasteiger partial charge in [0.2, 0.25) is 17.7 Å². The predicted octanol–water partition coefficient (Wildman–Crippen LogP) is 3.73. The third-order valence-corrected chi connectivity index (χ3v) is 9.03. The molecular formula is C34H48N4O6. The van der Waals surface area contributed by atoms with Gasteiger partial charge < -0.3 is 25.0 Å². The van der Waals surface area contributed by atoms with Crippen LogP contribution >= 0.6 is 0 Å². The molecule has 0 radical (unpaired) electrons. The molecule has 0 aromatic heterocycles. The molecule has 2 aliphatic carbocycles. The lowest BCUT2D eigenvalue weighted by Gasteiger charge is -2.36. The molecule has 1 saturated heterocycles. The zero-order chi connectivity index (χ0) is 32.0. The van der Waals surface area contributed by atoms with E-state index in [0.717, 1.165) is 43.2 Å². The SMILES string of the molecule is C#CCOC1Cc2ccccc2C1NC(=O)C1CCCN1C(=O)C(NC(=O)C(C)N(C)C(=O)OC(C)(C)C)C1CCCCC1. The third-order valence-electron chi connectivity index (χ3n) is 9.03. The molecule has 3 aliphatic rings. The van der Waals surface area contributed by atoms with Crippen LogP contribution in [0.5, 0.6) is 0 Å². The summed E-state index contributed by atoms with van der Waals surface area (Å²) in [4.78, 5) is 57.0. The van der Waals surface area contributed by atoms with Crippen molar-refractivity contribution in [3.63, 3.8) is 0 Å². The fourth-order valence-corrected chi connectivity index (χ4v) is 6.56. The van der Waals surface area contributed by atoms with Crippen LogP contribution in [0.4, 0.5) is 4.79 Å². The van der Waals surface area contributed by atoms with Crippen LogP contribution in [0, 0.1) is 18.3 Å². The number of ether oxygens (including phenoxy) is 2. The summed E-state index contributed by atoms with van der Waals surface area (Å²) >= 11 is 0. The molecule has 1 aromatic rings. The summed E-state index contributed by atoms with van der Waals surface area (Å²) < 4.78 is 11.4. The molecule has 10 heteroatoms. The highest BCUT2D eigenvalue weighted by molar-refractivity contribution is 5.94. The number of carbonyl (C=O) groups is 4. The maximum Gasteiger partial charge on any atom is 0.410 e. The van der Waals surface area contributed by atoms with Gasteiger partial charge in [-0.2, -0.15) is 0 Å². The molecule has 4 rings (SSSR count). The summed E-state index contributed by atoms with van der Waals surface area (Å²) in [6.07, 6.45) is 11.0. The molecule has 4 amide bonds. The summed E-state index contributed by atoms with van der Waals surface area (Å²) in [6.45, 7) is 7.48. The van der Waals surface area contributed by atoms with Crippen LogP contribution in [-0.2, 0) is 30.3 Å². The van der Waals surface area contributed by atoms with Crippen LogP contribution in [0.1, 0.15) is 89.8 Å². The van der Waals surface area contributed by atoms with E-state index in [-0.39, 0.29) is 36.5 Å². The number of hydrogen-bond donors (Lipinski definition) is 2. The highest BCUT2D eigenvalue weighted by Crippen LogP contribution is 2.34. The van der Waals surface area contributed by atoms with E-state index in [1.54, 1.807) is 32.6 Å². The number of nitrogens with zero attached hydrogens (tertiary/aromatic N) is 2. The minimum absolute atomic E-state index is 0.0493. The van der Waals surface area contributed by atoms with Crippen molar-refractivity contribution in [2.75, 3.05) is 20.2 Å². The predicted molar refractivity (Wildman–Crippen MR) is 166 cm³/mol. The van der Waals surface area contributed by atoms with Crippen molar-refractivity contribution in [2.45, 2.75) is 115 Å². The quantitative estimate of drug-likeness (QED) is 0.413. The lowest BCUT2D eigenvalue weighted by molar-refractivity contribution is -0.144. The Morgan fingerprint density at radius 2 is 1.80 bits per heavy atom. The van der Waals surface area contributed by atoms with Crippen molar-refractivity contribution in [2.24, 2.45) is 5.92 Å². The maximum absolute atomic E-state index is 14.2. The number of carbonyl (C=O) groups excluding carboxylic acids is 4. The van der Waals surface area contributed by atoms with Gasteiger partial charge in [0.25, 0.3) is 0 Å². The van der Waals surface area contributed by atoms with Gasteiger partial charge in [-0.1, -0.05) is 49.4 Å². The molecule has 44 heavy (non-hydrogen) atoms. The molecule has 2 fully saturated rings. The van der Waals surface area contributed by atoms with E-state index in [0.29, 0.717) is 25.8 Å². The first kappa shape index (κ1) is 33.3. The van der Waals surface area contributed by atoms with Crippen LogP contribution < -0.4 is 10.6 Å². The second-order valence-electron chi connectivity index (χ2n) is 13.3. The average Bonchev–Trinajstić information content (AvgIpc) is 3.62. The minimum atomic E-state index is -0.858. The molecule has 5 unspecified atom stereocenters. The zero-order valence-electron chi connectivity index (χ0n) is 26.8. The van der Waals surface area contributed by atoms with E-state index in [9.17, 15) is 19.2 Å². The highest BCUT2D eigenvalue weighted by Gasteiger charge is 2.43. The monoisotopic (exact) mass is 608 g/mol. The summed E-state index contributed by atoms with van der Waals surface area (Å²) in [5, 5.41) is 6.16. The number of likely N-dealkylation sites (tertiary alicyclic amines) is 1. The molecule has 1 aromatic carbocycles. The topological polar surface area (TPSA) is 117 Å². The second kappa shape index (κ2) is 14.5. The molecule has 5 atom stereocenters. The van der Waals surface area contributed by atoms with Crippen LogP contribution in [0.2, 0.25) is 0 Å². The van der Waals surface area contributed by atoms with Gasteiger partial charge in [0.15, 0.2) is 0 Å². The third kappa shape index (κ3) is 7.92. The van der Waals surface area contributed by atoms with Gasteiger partial charge in [0.1, 0.15) is 30.3 Å². The molecular weight excluding hydrogens is 560 g/mol. The Balaban J connectivity index is 1.49. The molecule has 0 spiro atoms. The van der Waals surface area contributed by atoms with Crippen molar-refractivity contribution >= 4 is 23.8 Å². The van der Waals surface area contributed by atoms with E-state index in [2.05, 4.69) is 16.6 Å². The first-order valence-corrected chi connectivity index (χ1v) is 15.9. The summed E-state index contributed by atoms with van der Waals surface area (Å²) in [5.41, 5.74) is 1.39. The first-order valence-electron chi connectivity index (χ1n) is 15.9. The number of likely N-dealkylation sites (N-methyl/N-ethyl adjacent to an activating group) is 1. The van der Waals surface area contributed by atoms with Gasteiger partial charge in [-0.15, -0.1) is 6.42 Å². The summed E-state index contributed by atoms with van der Waals surface area (Å²) in [5.74, 6) is 1.54. The van der Waals surface area contributed by atoms with Crippen molar-refractivity contribution < 1.29 is 28.7 Å². The molecule has 1 aliphatic heterocycles. The number of fused-ring (bicyclic) bond motifs is 1. The average molecular weight is 609 g/mol. The number of amides is 4. The van der Waals surface area contributed by atoms with Crippen molar-refractivity contribution in [1.29, 1.82) is 0 Å². The Hall–Kier alpha value is -3.58. The fourth-order valence-electron chi connectivity index (χ4n) is 6.56. The Morgan fingerprint density at radius 1 is 1.09 bits per heavy atom. The number of hydrogen-bond acceptors (Lipinski definition) is 6. The number of benzene rings is 1. The smallest absolute Gasteiger partial charge is 0.410 e. The van der Waals surface area contributed by atoms with Crippen LogP contribution in [0.3, 0.4) is 0 Å². The highest BCUT2D eigenvalue weighted by atomic mass is 16.6. The zero-order valence-corrected chi connectivity index (χ0v) is 26.8. The van der Waals surface area contributed by atoms with E-state index in [1.807, 2.05) is 24.3 Å². The second-order valence-corrected chi connectivity index (χ2v) is 13.3. The minimum Gasteiger partial charge on any atom is -0.444 e. The molecule has 240 valence electrons. The number of terminal acetylenes is 1. The molecule has 1 heterocycles. The molecule has 2 N–H and O–H groups in total. The van der Waals surface area contributed by atoms with Crippen LogP contribution in [0.25, 0.3) is 0 Å². The van der Waals surface area contributed by atoms with Gasteiger partial charge in [-0.25, -0.2) is 4.79 Å². The van der Waals surface area contributed by atoms with Gasteiger partial charge in [-0.3, -0.25) is 19.3 Å². The van der Waals surface area contributed by atoms with E-state index < -0.39 is 35.7 Å². The van der Waals surface area contributed by atoms with E-state index >= 15 is 0 Å². The Kier molecular flexibility index (Phi) is 11.0. The Labute approximate surface area is 261 Å². The summed E-state index contributed by atoms with van der Waals surface area (Å²) in [6, 6.07) is 5.24. The number of rotatable bonds is 9. The Bertz CT molecular complexity index is 1250. The standard InChI is InChI=1S/C34H48N4O6/c1-7-20-43-27-21-24-16-11-12-17-25(24)29(27)36-31(40)26-18-13-19-38(26)32(41)28(23-14-9-8-10-15-23)35-30(39)22(2)37(6)33(42)44-34(3,4)5/h1,11-12,16-17,22-23,26-29H,8-10,13-15,18-21H2,2-6H3,(H,35,39)(H,36,40). The number of nitrogens with one attached hydrogen (secondary N) is 2. The Morgan fingerprint density at radius 3 is 2.48 bits per heavy atom. The maximum atomic E-state index is 14.2. The molecule has 1 saturated carbocycles. The van der Waals surface area contributed by atoms with Crippen LogP contribution in [-0.4, -0.2) is 83.6 Å². The fraction of sp³-hybridized carbons (Fsp3) is 0.647. The summed E-state index contributed by atoms with van der Waals surface area (Å²) in [7, 11) is 1.51. The van der Waals surface area contributed by atoms with Gasteiger partial charge >= 0.3 is 6.09 Å². The van der Waals surface area contributed by atoms with Crippen molar-refractivity contribution in [3.8, 4) is 12.3 Å².